The second kappa shape index (κ2) is 14.5. The Balaban J connectivity index is 0.000000236. The van der Waals surface area contributed by atoms with E-state index < -0.39 is 0 Å². The second-order valence-electron chi connectivity index (χ2n) is 8.05. The van der Waals surface area contributed by atoms with Crippen LogP contribution in [0.5, 0.6) is 5.75 Å². The standard InChI is InChI=1S/C15H25N3O.C11H11N.C2H6/c1-3-13-11-19-15-12(5-4-6-14(15)18-13)7-8-17-10-9-16-2;1-8-4-3-5-11-10(8)7-6-9(2)12-11;1-2/h4-6,13,16-18H,3,7-11H2,1-2H3;3-7H,1-2H3;1-2H3. The fraction of sp³-hybridized carbons (Fsp3) is 0.464. The molecular weight excluding hydrogens is 408 g/mol. The Morgan fingerprint density at radius 3 is 2.55 bits per heavy atom. The van der Waals surface area contributed by atoms with E-state index in [9.17, 15) is 0 Å². The highest BCUT2D eigenvalue weighted by Gasteiger charge is 2.19. The SMILES string of the molecule is CC.CCC1COc2c(CCNCCNC)cccc2N1.Cc1ccc2c(C)cccc2n1. The number of hydrogen-bond acceptors (Lipinski definition) is 5. The number of pyridine rings is 1. The van der Waals surface area contributed by atoms with E-state index in [1.807, 2.05) is 33.9 Å². The first kappa shape index (κ1) is 26.6. The number of hydrogen-bond donors (Lipinski definition) is 3. The molecule has 5 nitrogen and oxygen atoms in total. The van der Waals surface area contributed by atoms with Gasteiger partial charge in [0.1, 0.15) is 12.4 Å². The summed E-state index contributed by atoms with van der Waals surface area (Å²) in [6.45, 7) is 14.1. The van der Waals surface area contributed by atoms with Gasteiger partial charge in [0.05, 0.1) is 17.2 Å². The molecule has 0 aliphatic carbocycles. The van der Waals surface area contributed by atoms with Crippen LogP contribution in [0.2, 0.25) is 0 Å². The molecule has 0 saturated heterocycles. The lowest BCUT2D eigenvalue weighted by Crippen LogP contribution is -2.31. The van der Waals surface area contributed by atoms with Crippen molar-refractivity contribution in [2.75, 3.05) is 38.6 Å². The quantitative estimate of drug-likeness (QED) is 0.415. The summed E-state index contributed by atoms with van der Waals surface area (Å²) in [7, 11) is 1.97. The molecule has 1 aliphatic heterocycles. The Bertz CT molecular complexity index is 973. The van der Waals surface area contributed by atoms with Gasteiger partial charge in [-0.2, -0.15) is 0 Å². The lowest BCUT2D eigenvalue weighted by atomic mass is 10.1. The zero-order valence-corrected chi connectivity index (χ0v) is 21.3. The summed E-state index contributed by atoms with van der Waals surface area (Å²) >= 11 is 0. The molecule has 5 heteroatoms. The summed E-state index contributed by atoms with van der Waals surface area (Å²) in [5.41, 5.74) is 5.89. The van der Waals surface area contributed by atoms with Crippen LogP contribution in [0.4, 0.5) is 5.69 Å². The van der Waals surface area contributed by atoms with E-state index in [0.717, 1.165) is 61.7 Å². The Hall–Kier alpha value is -2.63. The minimum Gasteiger partial charge on any atom is -0.489 e. The van der Waals surface area contributed by atoms with Crippen molar-refractivity contribution >= 4 is 16.6 Å². The van der Waals surface area contributed by atoms with Crippen molar-refractivity contribution in [3.05, 3.63) is 65.4 Å². The van der Waals surface area contributed by atoms with Gasteiger partial charge in [0.15, 0.2) is 0 Å². The molecule has 0 bridgehead atoms. The summed E-state index contributed by atoms with van der Waals surface area (Å²) in [6.07, 6.45) is 2.10. The Morgan fingerprint density at radius 1 is 1.00 bits per heavy atom. The highest BCUT2D eigenvalue weighted by Crippen LogP contribution is 2.33. The van der Waals surface area contributed by atoms with Crippen molar-refractivity contribution in [2.24, 2.45) is 0 Å². The fourth-order valence-corrected chi connectivity index (χ4v) is 3.70. The number of aromatic nitrogens is 1. The molecular formula is C28H42N4O. The van der Waals surface area contributed by atoms with Gasteiger partial charge >= 0.3 is 0 Å². The van der Waals surface area contributed by atoms with Crippen LogP contribution in [-0.2, 0) is 6.42 Å². The molecule has 1 atom stereocenters. The first-order valence-corrected chi connectivity index (χ1v) is 12.3. The monoisotopic (exact) mass is 450 g/mol. The Kier molecular flexibility index (Phi) is 11.7. The number of para-hydroxylation sites is 1. The van der Waals surface area contributed by atoms with E-state index in [2.05, 4.69) is 77.2 Å². The molecule has 0 amide bonds. The number of fused-ring (bicyclic) bond motifs is 2. The third-order valence-electron chi connectivity index (χ3n) is 5.59. The topological polar surface area (TPSA) is 58.2 Å². The van der Waals surface area contributed by atoms with Gasteiger partial charge in [-0.05, 0) is 69.6 Å². The van der Waals surface area contributed by atoms with E-state index in [-0.39, 0.29) is 0 Å². The molecule has 0 saturated carbocycles. The van der Waals surface area contributed by atoms with E-state index in [1.165, 1.54) is 16.5 Å². The highest BCUT2D eigenvalue weighted by molar-refractivity contribution is 5.81. The summed E-state index contributed by atoms with van der Waals surface area (Å²) in [5.74, 6) is 1.04. The molecule has 2 aromatic carbocycles. The molecule has 3 aromatic rings. The summed E-state index contributed by atoms with van der Waals surface area (Å²) in [6, 6.07) is 17.2. The molecule has 0 fully saturated rings. The zero-order chi connectivity index (χ0) is 24.1. The van der Waals surface area contributed by atoms with E-state index in [4.69, 9.17) is 4.74 Å². The van der Waals surface area contributed by atoms with Gasteiger partial charge in [-0.25, -0.2) is 0 Å². The van der Waals surface area contributed by atoms with Crippen LogP contribution in [-0.4, -0.2) is 44.3 Å². The second-order valence-corrected chi connectivity index (χ2v) is 8.05. The summed E-state index contributed by atoms with van der Waals surface area (Å²) in [4.78, 5) is 4.44. The Labute approximate surface area is 200 Å². The molecule has 1 aliphatic rings. The first-order valence-electron chi connectivity index (χ1n) is 12.3. The third-order valence-corrected chi connectivity index (χ3v) is 5.59. The highest BCUT2D eigenvalue weighted by atomic mass is 16.5. The number of anilines is 1. The Morgan fingerprint density at radius 2 is 1.79 bits per heavy atom. The minimum atomic E-state index is 0.441. The zero-order valence-electron chi connectivity index (χ0n) is 21.3. The number of nitrogens with one attached hydrogen (secondary N) is 3. The molecule has 3 N–H and O–H groups in total. The van der Waals surface area contributed by atoms with Gasteiger partial charge in [-0.15, -0.1) is 0 Å². The van der Waals surface area contributed by atoms with Crippen molar-refractivity contribution in [1.29, 1.82) is 0 Å². The molecule has 1 unspecified atom stereocenters. The van der Waals surface area contributed by atoms with Crippen LogP contribution in [0, 0.1) is 13.8 Å². The molecule has 0 radical (unpaired) electrons. The molecule has 1 aromatic heterocycles. The maximum absolute atomic E-state index is 5.93. The number of ether oxygens (including phenoxy) is 1. The molecule has 180 valence electrons. The van der Waals surface area contributed by atoms with Crippen molar-refractivity contribution < 1.29 is 4.74 Å². The number of benzene rings is 2. The predicted octanol–water partition coefficient (Wildman–Crippen LogP) is 5.50. The molecule has 4 rings (SSSR count). The largest absolute Gasteiger partial charge is 0.489 e. The number of rotatable bonds is 7. The average molecular weight is 451 g/mol. The van der Waals surface area contributed by atoms with Crippen LogP contribution < -0.4 is 20.7 Å². The lowest BCUT2D eigenvalue weighted by molar-refractivity contribution is 0.278. The van der Waals surface area contributed by atoms with Crippen molar-refractivity contribution in [2.45, 2.75) is 53.5 Å². The summed E-state index contributed by atoms with van der Waals surface area (Å²) < 4.78 is 5.93. The van der Waals surface area contributed by atoms with Crippen molar-refractivity contribution in [3.63, 3.8) is 0 Å². The predicted molar refractivity (Wildman–Crippen MR) is 143 cm³/mol. The van der Waals surface area contributed by atoms with Gasteiger partial charge in [-0.3, -0.25) is 4.98 Å². The van der Waals surface area contributed by atoms with Gasteiger partial charge in [0.2, 0.25) is 0 Å². The molecule has 33 heavy (non-hydrogen) atoms. The molecule has 0 spiro atoms. The van der Waals surface area contributed by atoms with Crippen molar-refractivity contribution in [1.82, 2.24) is 15.6 Å². The van der Waals surface area contributed by atoms with Gasteiger partial charge in [-0.1, -0.05) is 51.1 Å². The lowest BCUT2D eigenvalue weighted by Gasteiger charge is -2.28. The van der Waals surface area contributed by atoms with Gasteiger partial charge < -0.3 is 20.7 Å². The normalized spacial score (nSPS) is 14.1. The van der Waals surface area contributed by atoms with Gasteiger partial charge in [0, 0.05) is 24.2 Å². The number of likely N-dealkylation sites (N-methyl/N-ethyl adjacent to an activating group) is 1. The van der Waals surface area contributed by atoms with E-state index >= 15 is 0 Å². The van der Waals surface area contributed by atoms with Crippen LogP contribution >= 0.6 is 0 Å². The van der Waals surface area contributed by atoms with Gasteiger partial charge in [0.25, 0.3) is 0 Å². The van der Waals surface area contributed by atoms with Crippen LogP contribution in [0.1, 0.15) is 44.0 Å². The maximum Gasteiger partial charge on any atom is 0.145 e. The third kappa shape index (κ3) is 8.02. The van der Waals surface area contributed by atoms with E-state index in [1.54, 1.807) is 0 Å². The smallest absolute Gasteiger partial charge is 0.145 e. The van der Waals surface area contributed by atoms with Crippen molar-refractivity contribution in [3.8, 4) is 5.75 Å². The number of aryl methyl sites for hydroxylation is 2. The van der Waals surface area contributed by atoms with Crippen LogP contribution in [0.25, 0.3) is 10.9 Å². The maximum atomic E-state index is 5.93. The fourth-order valence-electron chi connectivity index (χ4n) is 3.70. The van der Waals surface area contributed by atoms with E-state index in [0.29, 0.717) is 6.04 Å². The minimum absolute atomic E-state index is 0.441. The summed E-state index contributed by atoms with van der Waals surface area (Å²) in [5, 5.41) is 11.3. The first-order chi connectivity index (χ1) is 16.1. The average Bonchev–Trinajstić information content (AvgIpc) is 2.85. The van der Waals surface area contributed by atoms with Crippen LogP contribution in [0.15, 0.2) is 48.5 Å². The molecule has 2 heterocycles. The van der Waals surface area contributed by atoms with Crippen LogP contribution in [0.3, 0.4) is 0 Å². The number of nitrogens with zero attached hydrogens (tertiary/aromatic N) is 1.